The van der Waals surface area contributed by atoms with Crippen molar-refractivity contribution in [2.45, 2.75) is 31.0 Å². The minimum atomic E-state index is -1.66. The maximum Gasteiger partial charge on any atom is 0.252 e. The smallest absolute Gasteiger partial charge is 0.252 e. The van der Waals surface area contributed by atoms with E-state index in [0.29, 0.717) is 51.7 Å². The Hall–Kier alpha value is -4.60. The van der Waals surface area contributed by atoms with E-state index in [-0.39, 0.29) is 30.5 Å². The number of aliphatic hydroxyl groups is 1. The molecule has 9 nitrogen and oxygen atoms in total. The summed E-state index contributed by atoms with van der Waals surface area (Å²) in [5.41, 5.74) is 10.0. The maximum atomic E-state index is 14.4. The lowest BCUT2D eigenvalue weighted by Gasteiger charge is -2.31. The van der Waals surface area contributed by atoms with Gasteiger partial charge in [-0.15, -0.1) is 0 Å². The minimum Gasteiger partial charge on any atom is -0.494 e. The molecule has 4 aromatic carbocycles. The number of azide groups is 1. The number of hydrogen-bond acceptors (Lipinski definition) is 6. The van der Waals surface area contributed by atoms with Gasteiger partial charge in [0.05, 0.1) is 6.61 Å². The molecule has 0 aliphatic carbocycles. The summed E-state index contributed by atoms with van der Waals surface area (Å²) in [5.74, 6) is -0.183. The quantitative estimate of drug-likeness (QED) is 0.0708. The van der Waals surface area contributed by atoms with Crippen LogP contribution in [0.2, 0.25) is 10.0 Å². The molecule has 12 heteroatoms. The Kier molecular flexibility index (Phi) is 10.2. The summed E-state index contributed by atoms with van der Waals surface area (Å²) in [5, 5.41) is 16.5. The fourth-order valence-corrected chi connectivity index (χ4v) is 5.56. The molecule has 0 radical (unpaired) electrons. The first-order valence-corrected chi connectivity index (χ1v) is 14.8. The number of amides is 1. The van der Waals surface area contributed by atoms with Crippen LogP contribution >= 0.6 is 23.2 Å². The highest BCUT2D eigenvalue weighted by Crippen LogP contribution is 2.46. The number of ether oxygens (including phenoxy) is 2. The zero-order valence-corrected chi connectivity index (χ0v) is 25.4. The number of nitrogens with zero attached hydrogens (tertiary/aromatic N) is 4. The Morgan fingerprint density at radius 1 is 1.09 bits per heavy atom. The standard InChI is InChI=1S/C33H28Cl2FN5O4/c34-24-11-14-27(28(35)18-24)30-33(19-23-6-1-2-8-29(23)40-41-37,32(43)38-20-21-5-3-7-25(36)17-21)39-31(45-30)22-9-12-26(13-10-22)44-16-4-15-42/h1-3,5-14,17-18,30,42H,4,15-16,19-20H2,(H,38,43)/t30-,33-/m1/s1. The predicted molar refractivity (Wildman–Crippen MR) is 170 cm³/mol. The van der Waals surface area contributed by atoms with Crippen LogP contribution in [0.15, 0.2) is 101 Å². The van der Waals surface area contributed by atoms with Gasteiger partial charge in [0.2, 0.25) is 5.90 Å². The number of rotatable bonds is 12. The Labute approximate surface area is 268 Å². The number of carbonyl (C=O) groups excluding carboxylic acids is 1. The molecule has 0 unspecified atom stereocenters. The summed E-state index contributed by atoms with van der Waals surface area (Å²) in [4.78, 5) is 22.3. The number of hydrogen-bond donors (Lipinski definition) is 2. The molecule has 0 aromatic heterocycles. The van der Waals surface area contributed by atoms with E-state index in [2.05, 4.69) is 15.3 Å². The summed E-state index contributed by atoms with van der Waals surface area (Å²) in [7, 11) is 0. The van der Waals surface area contributed by atoms with Crippen LogP contribution in [0.25, 0.3) is 10.4 Å². The van der Waals surface area contributed by atoms with Gasteiger partial charge in [-0.1, -0.05) is 70.8 Å². The summed E-state index contributed by atoms with van der Waals surface area (Å²) < 4.78 is 26.1. The number of aliphatic imine (C=N–C) groups is 1. The average Bonchev–Trinajstić information content (AvgIpc) is 3.41. The third kappa shape index (κ3) is 7.38. The number of halogens is 3. The Bertz CT molecular complexity index is 1760. The van der Waals surface area contributed by atoms with E-state index in [9.17, 15) is 14.7 Å². The van der Waals surface area contributed by atoms with Gasteiger partial charge in [0.1, 0.15) is 11.6 Å². The zero-order chi connectivity index (χ0) is 31.8. The summed E-state index contributed by atoms with van der Waals surface area (Å²) in [6.45, 7) is 0.384. The molecule has 0 bridgehead atoms. The van der Waals surface area contributed by atoms with E-state index in [1.807, 2.05) is 0 Å². The van der Waals surface area contributed by atoms with Gasteiger partial charge in [0.25, 0.3) is 5.91 Å². The topological polar surface area (TPSA) is 129 Å². The van der Waals surface area contributed by atoms with E-state index in [4.69, 9.17) is 42.8 Å². The van der Waals surface area contributed by atoms with Crippen molar-refractivity contribution in [3.8, 4) is 5.75 Å². The molecule has 0 saturated heterocycles. The fraction of sp³-hybridized carbons (Fsp3) is 0.212. The van der Waals surface area contributed by atoms with Crippen molar-refractivity contribution >= 4 is 40.7 Å². The first-order chi connectivity index (χ1) is 21.8. The monoisotopic (exact) mass is 647 g/mol. The molecule has 45 heavy (non-hydrogen) atoms. The first kappa shape index (κ1) is 31.8. The molecular weight excluding hydrogens is 620 g/mol. The molecule has 2 atom stereocenters. The third-order valence-electron chi connectivity index (χ3n) is 7.22. The Balaban J connectivity index is 1.62. The molecule has 0 saturated carbocycles. The van der Waals surface area contributed by atoms with Crippen LogP contribution in [0.1, 0.15) is 34.8 Å². The second-order valence-electron chi connectivity index (χ2n) is 10.3. The second-order valence-corrected chi connectivity index (χ2v) is 11.1. The van der Waals surface area contributed by atoms with Crippen molar-refractivity contribution in [2.75, 3.05) is 13.2 Å². The van der Waals surface area contributed by atoms with Crippen LogP contribution < -0.4 is 10.1 Å². The van der Waals surface area contributed by atoms with Crippen LogP contribution in [0.3, 0.4) is 0 Å². The second kappa shape index (κ2) is 14.5. The lowest BCUT2D eigenvalue weighted by atomic mass is 9.81. The van der Waals surface area contributed by atoms with Crippen LogP contribution in [-0.4, -0.2) is 35.7 Å². The van der Waals surface area contributed by atoms with Gasteiger partial charge in [-0.3, -0.25) is 4.79 Å². The van der Waals surface area contributed by atoms with E-state index in [1.165, 1.54) is 12.1 Å². The number of nitrogens with one attached hydrogen (secondary N) is 1. The first-order valence-electron chi connectivity index (χ1n) is 14.0. The van der Waals surface area contributed by atoms with Gasteiger partial charge in [-0.2, -0.15) is 0 Å². The van der Waals surface area contributed by atoms with Gasteiger partial charge in [0.15, 0.2) is 11.6 Å². The average molecular weight is 649 g/mol. The molecule has 1 heterocycles. The van der Waals surface area contributed by atoms with Crippen molar-refractivity contribution in [3.05, 3.63) is 140 Å². The summed E-state index contributed by atoms with van der Waals surface area (Å²) in [6.07, 6.45) is -0.581. The summed E-state index contributed by atoms with van der Waals surface area (Å²) >= 11 is 12.9. The molecule has 1 amide bonds. The van der Waals surface area contributed by atoms with Crippen molar-refractivity contribution in [2.24, 2.45) is 10.1 Å². The van der Waals surface area contributed by atoms with Gasteiger partial charge >= 0.3 is 0 Å². The van der Waals surface area contributed by atoms with E-state index < -0.39 is 23.4 Å². The number of carbonyl (C=O) groups is 1. The molecule has 1 aliphatic rings. The van der Waals surface area contributed by atoms with E-state index in [1.54, 1.807) is 78.9 Å². The Morgan fingerprint density at radius 2 is 1.89 bits per heavy atom. The lowest BCUT2D eigenvalue weighted by Crippen LogP contribution is -2.49. The minimum absolute atomic E-state index is 0.0160. The van der Waals surface area contributed by atoms with Gasteiger partial charge in [-0.25, -0.2) is 9.38 Å². The lowest BCUT2D eigenvalue weighted by molar-refractivity contribution is -0.129. The number of aliphatic hydroxyl groups excluding tert-OH is 1. The molecule has 2 N–H and O–H groups in total. The largest absolute Gasteiger partial charge is 0.494 e. The SMILES string of the molecule is [N-]=[N+]=Nc1ccccc1C[C@@]1(C(=O)NCc2cccc(F)c2)N=C(c2ccc(OCCCO)cc2)O[C@@H]1c1ccc(Cl)cc1Cl. The van der Waals surface area contributed by atoms with Crippen molar-refractivity contribution in [1.82, 2.24) is 5.32 Å². The zero-order valence-electron chi connectivity index (χ0n) is 23.9. The fourth-order valence-electron chi connectivity index (χ4n) is 5.05. The summed E-state index contributed by atoms with van der Waals surface area (Å²) in [6, 6.07) is 24.7. The van der Waals surface area contributed by atoms with Crippen LogP contribution in [0.5, 0.6) is 5.75 Å². The van der Waals surface area contributed by atoms with E-state index >= 15 is 0 Å². The molecule has 1 aliphatic heterocycles. The molecule has 0 fully saturated rings. The van der Waals surface area contributed by atoms with Gasteiger partial charge in [-0.05, 0) is 65.2 Å². The molecular formula is C33H28Cl2FN5O4. The molecule has 230 valence electrons. The predicted octanol–water partition coefficient (Wildman–Crippen LogP) is 7.65. The molecule has 4 aromatic rings. The van der Waals surface area contributed by atoms with Crippen molar-refractivity contribution in [3.63, 3.8) is 0 Å². The highest BCUT2D eigenvalue weighted by Gasteiger charge is 2.54. The van der Waals surface area contributed by atoms with Crippen molar-refractivity contribution in [1.29, 1.82) is 0 Å². The van der Waals surface area contributed by atoms with Crippen LogP contribution in [-0.2, 0) is 22.5 Å². The van der Waals surface area contributed by atoms with Crippen molar-refractivity contribution < 1.29 is 23.8 Å². The van der Waals surface area contributed by atoms with Crippen LogP contribution in [0, 0.1) is 5.82 Å². The normalized spacial score (nSPS) is 17.2. The molecule has 0 spiro atoms. The Morgan fingerprint density at radius 3 is 2.62 bits per heavy atom. The van der Waals surface area contributed by atoms with Gasteiger partial charge < -0.3 is 19.9 Å². The van der Waals surface area contributed by atoms with Gasteiger partial charge in [0, 0.05) is 57.8 Å². The number of benzene rings is 4. The highest BCUT2D eigenvalue weighted by molar-refractivity contribution is 6.35. The third-order valence-corrected chi connectivity index (χ3v) is 7.78. The molecule has 5 rings (SSSR count). The maximum absolute atomic E-state index is 14.4. The highest BCUT2D eigenvalue weighted by atomic mass is 35.5. The van der Waals surface area contributed by atoms with Crippen LogP contribution in [0.4, 0.5) is 10.1 Å². The van der Waals surface area contributed by atoms with E-state index in [0.717, 1.165) is 0 Å².